The van der Waals surface area contributed by atoms with Crippen LogP contribution < -0.4 is 0 Å². The van der Waals surface area contributed by atoms with Crippen LogP contribution in [0.2, 0.25) is 0 Å². The van der Waals surface area contributed by atoms with Gasteiger partial charge in [0.1, 0.15) is 5.60 Å². The second-order valence-corrected chi connectivity index (χ2v) is 13.0. The van der Waals surface area contributed by atoms with Crippen LogP contribution in [0.4, 0.5) is 0 Å². The van der Waals surface area contributed by atoms with Crippen LogP contribution in [0.15, 0.2) is 34.5 Å². The summed E-state index contributed by atoms with van der Waals surface area (Å²) in [6.07, 6.45) is 6.19. The quantitative estimate of drug-likeness (QED) is 0.353. The summed E-state index contributed by atoms with van der Waals surface area (Å²) >= 11 is 3.04. The van der Waals surface area contributed by atoms with Crippen molar-refractivity contribution in [1.29, 1.82) is 0 Å². The molecule has 2 aliphatic rings. The number of hydrogen-bond acceptors (Lipinski definition) is 6. The maximum atomic E-state index is 13.6. The third-order valence-electron chi connectivity index (χ3n) is 7.42. The first-order valence-corrected chi connectivity index (χ1v) is 14.1. The van der Waals surface area contributed by atoms with Gasteiger partial charge in [-0.05, 0) is 78.1 Å². The van der Waals surface area contributed by atoms with Crippen molar-refractivity contribution in [2.24, 2.45) is 5.92 Å². The zero-order valence-corrected chi connectivity index (χ0v) is 22.3. The van der Waals surface area contributed by atoms with E-state index in [4.69, 9.17) is 4.74 Å². The summed E-state index contributed by atoms with van der Waals surface area (Å²) in [5.41, 5.74) is 2.02. The van der Waals surface area contributed by atoms with Crippen molar-refractivity contribution < 1.29 is 19.4 Å². The summed E-state index contributed by atoms with van der Waals surface area (Å²) in [7, 11) is 0. The average molecular weight is 501 g/mol. The van der Waals surface area contributed by atoms with Crippen molar-refractivity contribution in [3.63, 3.8) is 0 Å². The lowest BCUT2D eigenvalue weighted by Crippen LogP contribution is -2.53. The fourth-order valence-corrected chi connectivity index (χ4v) is 7.50. The Labute approximate surface area is 211 Å². The van der Waals surface area contributed by atoms with Crippen LogP contribution in [0.5, 0.6) is 0 Å². The molecule has 184 valence electrons. The zero-order valence-electron chi connectivity index (χ0n) is 20.7. The number of esters is 1. The highest BCUT2D eigenvalue weighted by atomic mass is 32.2. The van der Waals surface area contributed by atoms with Crippen molar-refractivity contribution in [1.82, 2.24) is 0 Å². The molecule has 1 aromatic heterocycles. The minimum atomic E-state index is -0.836. The Hall–Kier alpha value is -1.63. The van der Waals surface area contributed by atoms with E-state index in [0.29, 0.717) is 12.8 Å². The molecule has 2 fully saturated rings. The fourth-order valence-electron chi connectivity index (χ4n) is 5.44. The summed E-state index contributed by atoms with van der Waals surface area (Å²) in [6.45, 7) is 8.26. The van der Waals surface area contributed by atoms with Crippen LogP contribution in [-0.2, 0) is 32.8 Å². The minimum Gasteiger partial charge on any atom is -0.457 e. The van der Waals surface area contributed by atoms with Crippen molar-refractivity contribution in [2.75, 3.05) is 0 Å². The first-order chi connectivity index (χ1) is 16.1. The third kappa shape index (κ3) is 5.29. The van der Waals surface area contributed by atoms with Crippen LogP contribution in [0, 0.1) is 12.8 Å². The standard InChI is InChI=1S/C28H36O4S2/c1-18-14-24(22(27(2,3)4)15-19(18)17-29)34-25-23(30)16-28(32-26(25)31,20-8-5-6-9-20)12-11-21-10-7-13-33-21/h7,10,13-15,20,25,29H,5-6,8-9,11-12,16-17H2,1-4H3. The van der Waals surface area contributed by atoms with Gasteiger partial charge in [0.15, 0.2) is 11.0 Å². The van der Waals surface area contributed by atoms with Crippen molar-refractivity contribution in [2.45, 2.75) is 100 Å². The monoisotopic (exact) mass is 500 g/mol. The number of rotatable bonds is 7. The molecule has 2 aromatic rings. The van der Waals surface area contributed by atoms with Gasteiger partial charge in [0.25, 0.3) is 0 Å². The predicted octanol–water partition coefficient (Wildman–Crippen LogP) is 6.38. The molecule has 6 heteroatoms. The topological polar surface area (TPSA) is 63.6 Å². The Balaban J connectivity index is 1.59. The molecule has 0 bridgehead atoms. The van der Waals surface area contributed by atoms with Crippen LogP contribution in [0.25, 0.3) is 0 Å². The Bertz CT molecular complexity index is 1010. The van der Waals surface area contributed by atoms with Crippen molar-refractivity contribution >= 4 is 34.9 Å². The van der Waals surface area contributed by atoms with Gasteiger partial charge in [-0.15, -0.1) is 23.1 Å². The van der Waals surface area contributed by atoms with Gasteiger partial charge in [0, 0.05) is 16.2 Å². The zero-order chi connectivity index (χ0) is 24.5. The molecule has 2 unspecified atom stereocenters. The lowest BCUT2D eigenvalue weighted by Gasteiger charge is -2.43. The van der Waals surface area contributed by atoms with Crippen molar-refractivity contribution in [3.8, 4) is 0 Å². The number of thiophene rings is 1. The third-order valence-corrected chi connectivity index (χ3v) is 9.64. The van der Waals surface area contributed by atoms with E-state index in [-0.39, 0.29) is 29.7 Å². The van der Waals surface area contributed by atoms with E-state index in [0.717, 1.165) is 53.7 Å². The number of aryl methyl sites for hydroxylation is 2. The summed E-state index contributed by atoms with van der Waals surface area (Å²) in [4.78, 5) is 29.2. The number of Topliss-reactive ketones (excluding diaryl/α,β-unsaturated/α-hetero) is 1. The minimum absolute atomic E-state index is 0.0110. The smallest absolute Gasteiger partial charge is 0.327 e. The molecule has 0 amide bonds. The van der Waals surface area contributed by atoms with Crippen LogP contribution >= 0.6 is 23.1 Å². The SMILES string of the molecule is Cc1cc(SC2C(=O)CC(CCc3cccs3)(C3CCCC3)OC2=O)c(C(C)(C)C)cc1CO. The van der Waals surface area contributed by atoms with Crippen LogP contribution in [-0.4, -0.2) is 27.7 Å². The molecule has 4 nitrogen and oxygen atoms in total. The molecule has 4 rings (SSSR count). The number of ether oxygens (including phenoxy) is 1. The van der Waals surface area contributed by atoms with E-state index in [2.05, 4.69) is 32.2 Å². The lowest BCUT2D eigenvalue weighted by molar-refractivity contribution is -0.177. The molecule has 1 aliphatic heterocycles. The largest absolute Gasteiger partial charge is 0.457 e. The highest BCUT2D eigenvalue weighted by molar-refractivity contribution is 8.01. The van der Waals surface area contributed by atoms with Gasteiger partial charge in [-0.3, -0.25) is 9.59 Å². The first kappa shape index (κ1) is 25.5. The average Bonchev–Trinajstić information content (AvgIpc) is 3.49. The normalized spacial score (nSPS) is 24.0. The molecule has 0 radical (unpaired) electrons. The number of carbonyl (C=O) groups excluding carboxylic acids is 2. The molecule has 0 spiro atoms. The summed E-state index contributed by atoms with van der Waals surface area (Å²) in [6, 6.07) is 8.18. The first-order valence-electron chi connectivity index (χ1n) is 12.3. The van der Waals surface area contributed by atoms with Gasteiger partial charge in [-0.2, -0.15) is 0 Å². The molecule has 1 saturated heterocycles. The molecule has 1 aromatic carbocycles. The van der Waals surface area contributed by atoms with E-state index >= 15 is 0 Å². The Morgan fingerprint density at radius 1 is 1.21 bits per heavy atom. The number of aliphatic hydroxyl groups is 1. The summed E-state index contributed by atoms with van der Waals surface area (Å²) < 4.78 is 6.30. The van der Waals surface area contributed by atoms with E-state index in [1.54, 1.807) is 11.3 Å². The number of thioether (sulfide) groups is 1. The maximum absolute atomic E-state index is 13.6. The van der Waals surface area contributed by atoms with E-state index in [1.165, 1.54) is 16.6 Å². The second kappa shape index (κ2) is 10.2. The summed E-state index contributed by atoms with van der Waals surface area (Å²) in [5, 5.41) is 11.0. The highest BCUT2D eigenvalue weighted by Crippen LogP contribution is 2.47. The lowest BCUT2D eigenvalue weighted by atomic mass is 9.76. The van der Waals surface area contributed by atoms with E-state index in [1.807, 2.05) is 25.1 Å². The Morgan fingerprint density at radius 3 is 2.53 bits per heavy atom. The van der Waals surface area contributed by atoms with Gasteiger partial charge in [0.2, 0.25) is 0 Å². The summed E-state index contributed by atoms with van der Waals surface area (Å²) in [5.74, 6) is -0.131. The maximum Gasteiger partial charge on any atom is 0.327 e. The molecule has 1 N–H and O–H groups in total. The Kier molecular flexibility index (Phi) is 7.61. The molecule has 2 heterocycles. The second-order valence-electron chi connectivity index (χ2n) is 10.9. The van der Waals surface area contributed by atoms with Gasteiger partial charge in [0.05, 0.1) is 6.61 Å². The molecule has 1 aliphatic carbocycles. The number of carbonyl (C=O) groups is 2. The van der Waals surface area contributed by atoms with Gasteiger partial charge < -0.3 is 9.84 Å². The number of hydrogen-bond donors (Lipinski definition) is 1. The Morgan fingerprint density at radius 2 is 1.94 bits per heavy atom. The molecule has 34 heavy (non-hydrogen) atoms. The predicted molar refractivity (Wildman–Crippen MR) is 138 cm³/mol. The molecular weight excluding hydrogens is 464 g/mol. The van der Waals surface area contributed by atoms with Gasteiger partial charge in [-0.1, -0.05) is 45.7 Å². The van der Waals surface area contributed by atoms with Gasteiger partial charge in [-0.25, -0.2) is 0 Å². The molecular formula is C28H36O4S2. The number of aliphatic hydroxyl groups excluding tert-OH is 1. The van der Waals surface area contributed by atoms with Gasteiger partial charge >= 0.3 is 5.97 Å². The van der Waals surface area contributed by atoms with E-state index < -0.39 is 10.9 Å². The molecule has 2 atom stereocenters. The van der Waals surface area contributed by atoms with E-state index in [9.17, 15) is 14.7 Å². The number of benzene rings is 1. The van der Waals surface area contributed by atoms with Crippen molar-refractivity contribution in [3.05, 3.63) is 51.2 Å². The highest BCUT2D eigenvalue weighted by Gasteiger charge is 2.52. The van der Waals surface area contributed by atoms with Crippen LogP contribution in [0.3, 0.4) is 0 Å². The molecule has 1 saturated carbocycles. The number of cyclic esters (lactones) is 1. The van der Waals surface area contributed by atoms with Crippen LogP contribution in [0.1, 0.15) is 80.9 Å². The fraction of sp³-hybridized carbons (Fsp3) is 0.571. The number of ketones is 1.